The van der Waals surface area contributed by atoms with Crippen LogP contribution in [-0.2, 0) is 15.5 Å². The van der Waals surface area contributed by atoms with Crippen LogP contribution in [0.1, 0.15) is 45.1 Å². The number of nitrogens with one attached hydrogen (secondary N) is 3. The van der Waals surface area contributed by atoms with Crippen molar-refractivity contribution in [2.24, 2.45) is 5.92 Å². The summed E-state index contributed by atoms with van der Waals surface area (Å²) < 4.78 is 33.0. The Bertz CT molecular complexity index is 981. The number of ether oxygens (including phenoxy) is 1. The largest absolute Gasteiger partial charge is 0.490 e. The fourth-order valence-electron chi connectivity index (χ4n) is 3.63. The smallest absolute Gasteiger partial charge is 0.270 e. The number of alkyl halides is 2. The van der Waals surface area contributed by atoms with Crippen LogP contribution in [-0.4, -0.2) is 23.6 Å². The predicted octanol–water partition coefficient (Wildman–Crippen LogP) is 5.35. The Morgan fingerprint density at radius 3 is 2.19 bits per heavy atom. The average molecular weight is 443 g/mol. The lowest BCUT2D eigenvalue weighted by Crippen LogP contribution is -2.38. The van der Waals surface area contributed by atoms with Gasteiger partial charge in [0.05, 0.1) is 6.10 Å². The molecule has 0 radical (unpaired) electrons. The molecule has 2 aromatic carbocycles. The molecular formula is C24H27F2N3O3. The summed E-state index contributed by atoms with van der Waals surface area (Å²) in [5.74, 6) is -5.22. The standard InChI is InChI=1S/C24H27F2N3O3/c1-15(27)21(23(31)29-18-7-5-6-16(14-18)24(2,25)26)22(30)28-17-10-12-20(13-11-17)32-19-8-3-4-9-19/h5-7,10-14,19,21,27H,3-4,8-9H2,1-2H3,(H,28,30)(H,29,31). The molecule has 0 aromatic heterocycles. The minimum Gasteiger partial charge on any atom is -0.490 e. The van der Waals surface area contributed by atoms with Crippen LogP contribution in [0.3, 0.4) is 0 Å². The van der Waals surface area contributed by atoms with Crippen molar-refractivity contribution < 1.29 is 23.1 Å². The van der Waals surface area contributed by atoms with Crippen molar-refractivity contribution in [1.29, 1.82) is 5.41 Å². The van der Waals surface area contributed by atoms with Crippen molar-refractivity contribution in [2.45, 2.75) is 51.6 Å². The van der Waals surface area contributed by atoms with E-state index < -0.39 is 23.7 Å². The van der Waals surface area contributed by atoms with Gasteiger partial charge < -0.3 is 20.8 Å². The maximum atomic E-state index is 13.6. The van der Waals surface area contributed by atoms with E-state index in [0.717, 1.165) is 38.7 Å². The Balaban J connectivity index is 1.65. The number of amides is 2. The second-order valence-electron chi connectivity index (χ2n) is 8.11. The molecule has 3 N–H and O–H groups in total. The van der Waals surface area contributed by atoms with Gasteiger partial charge in [0.15, 0.2) is 5.92 Å². The van der Waals surface area contributed by atoms with E-state index in [-0.39, 0.29) is 23.1 Å². The molecule has 2 aromatic rings. The first-order valence-corrected chi connectivity index (χ1v) is 10.6. The van der Waals surface area contributed by atoms with Crippen LogP contribution in [0.15, 0.2) is 48.5 Å². The Labute approximate surface area is 185 Å². The highest BCUT2D eigenvalue weighted by atomic mass is 19.3. The average Bonchev–Trinajstić information content (AvgIpc) is 3.22. The molecule has 1 atom stereocenters. The Morgan fingerprint density at radius 2 is 1.62 bits per heavy atom. The molecule has 1 saturated carbocycles. The summed E-state index contributed by atoms with van der Waals surface area (Å²) in [6.45, 7) is 2.11. The van der Waals surface area contributed by atoms with Gasteiger partial charge in [-0.3, -0.25) is 9.59 Å². The zero-order chi connectivity index (χ0) is 23.3. The lowest BCUT2D eigenvalue weighted by atomic mass is 10.0. The van der Waals surface area contributed by atoms with E-state index in [9.17, 15) is 18.4 Å². The molecule has 32 heavy (non-hydrogen) atoms. The van der Waals surface area contributed by atoms with E-state index in [1.54, 1.807) is 24.3 Å². The highest BCUT2D eigenvalue weighted by Gasteiger charge is 2.30. The third-order valence-electron chi connectivity index (χ3n) is 5.32. The minimum atomic E-state index is -3.07. The molecule has 0 heterocycles. The predicted molar refractivity (Wildman–Crippen MR) is 119 cm³/mol. The van der Waals surface area contributed by atoms with Crippen LogP contribution in [0.4, 0.5) is 20.2 Å². The summed E-state index contributed by atoms with van der Waals surface area (Å²) in [5, 5.41) is 13.0. The molecule has 1 unspecified atom stereocenters. The molecular weight excluding hydrogens is 416 g/mol. The molecule has 6 nitrogen and oxygen atoms in total. The van der Waals surface area contributed by atoms with Crippen LogP contribution < -0.4 is 15.4 Å². The maximum Gasteiger partial charge on any atom is 0.270 e. The van der Waals surface area contributed by atoms with Gasteiger partial charge >= 0.3 is 0 Å². The second kappa shape index (κ2) is 9.89. The fourth-order valence-corrected chi connectivity index (χ4v) is 3.63. The Morgan fingerprint density at radius 1 is 1.03 bits per heavy atom. The monoisotopic (exact) mass is 443 g/mol. The molecule has 1 fully saturated rings. The summed E-state index contributed by atoms with van der Waals surface area (Å²) in [7, 11) is 0. The van der Waals surface area contributed by atoms with Crippen LogP contribution in [0.5, 0.6) is 5.75 Å². The van der Waals surface area contributed by atoms with E-state index in [1.165, 1.54) is 25.1 Å². The second-order valence-corrected chi connectivity index (χ2v) is 8.11. The number of carbonyl (C=O) groups excluding carboxylic acids is 2. The van der Waals surface area contributed by atoms with Crippen molar-refractivity contribution in [3.63, 3.8) is 0 Å². The zero-order valence-corrected chi connectivity index (χ0v) is 18.1. The van der Waals surface area contributed by atoms with Gasteiger partial charge in [0, 0.05) is 29.6 Å². The van der Waals surface area contributed by atoms with Crippen molar-refractivity contribution in [3.8, 4) is 5.75 Å². The minimum absolute atomic E-state index is 0.126. The van der Waals surface area contributed by atoms with Gasteiger partial charge in [-0.25, -0.2) is 8.78 Å². The number of hydrogen-bond acceptors (Lipinski definition) is 4. The van der Waals surface area contributed by atoms with Crippen LogP contribution in [0.2, 0.25) is 0 Å². The maximum absolute atomic E-state index is 13.6. The van der Waals surface area contributed by atoms with Gasteiger partial charge in [0.25, 0.3) is 5.92 Å². The SMILES string of the molecule is CC(=N)C(C(=O)Nc1ccc(OC2CCCC2)cc1)C(=O)Nc1cccc(C(C)(F)F)c1. The lowest BCUT2D eigenvalue weighted by molar-refractivity contribution is -0.126. The number of carbonyl (C=O) groups is 2. The van der Waals surface area contributed by atoms with Gasteiger partial charge in [0.2, 0.25) is 11.8 Å². The van der Waals surface area contributed by atoms with Gasteiger partial charge in [0.1, 0.15) is 5.75 Å². The quantitative estimate of drug-likeness (QED) is 0.379. The molecule has 2 amide bonds. The molecule has 1 aliphatic carbocycles. The van der Waals surface area contributed by atoms with Crippen molar-refractivity contribution in [1.82, 2.24) is 0 Å². The highest BCUT2D eigenvalue weighted by molar-refractivity contribution is 6.24. The van der Waals surface area contributed by atoms with E-state index in [2.05, 4.69) is 10.6 Å². The van der Waals surface area contributed by atoms with E-state index in [4.69, 9.17) is 10.1 Å². The zero-order valence-electron chi connectivity index (χ0n) is 18.1. The van der Waals surface area contributed by atoms with Crippen LogP contribution >= 0.6 is 0 Å². The Hall–Kier alpha value is -3.29. The van der Waals surface area contributed by atoms with E-state index in [0.29, 0.717) is 11.4 Å². The topological polar surface area (TPSA) is 91.3 Å². The molecule has 0 saturated heterocycles. The summed E-state index contributed by atoms with van der Waals surface area (Å²) in [6, 6.07) is 12.1. The van der Waals surface area contributed by atoms with Gasteiger partial charge in [-0.05, 0) is 69.0 Å². The highest BCUT2D eigenvalue weighted by Crippen LogP contribution is 2.29. The molecule has 1 aliphatic rings. The van der Waals surface area contributed by atoms with Crippen molar-refractivity contribution >= 4 is 28.9 Å². The van der Waals surface area contributed by atoms with Gasteiger partial charge in [-0.2, -0.15) is 0 Å². The Kier molecular flexibility index (Phi) is 7.22. The molecule has 3 rings (SSSR count). The van der Waals surface area contributed by atoms with E-state index in [1.807, 2.05) is 0 Å². The first-order chi connectivity index (χ1) is 15.1. The van der Waals surface area contributed by atoms with Crippen LogP contribution in [0.25, 0.3) is 0 Å². The normalized spacial score (nSPS) is 15.1. The number of rotatable bonds is 8. The van der Waals surface area contributed by atoms with Crippen LogP contribution in [0, 0.1) is 11.3 Å². The third-order valence-corrected chi connectivity index (χ3v) is 5.32. The lowest BCUT2D eigenvalue weighted by Gasteiger charge is -2.17. The molecule has 8 heteroatoms. The summed E-state index contributed by atoms with van der Waals surface area (Å²) in [5.41, 5.74) is 0.155. The number of hydrogen-bond donors (Lipinski definition) is 3. The van der Waals surface area contributed by atoms with E-state index >= 15 is 0 Å². The summed E-state index contributed by atoms with van der Waals surface area (Å²) in [4.78, 5) is 25.4. The van der Waals surface area contributed by atoms with Gasteiger partial charge in [-0.15, -0.1) is 0 Å². The first-order valence-electron chi connectivity index (χ1n) is 10.6. The number of benzene rings is 2. The molecule has 0 aliphatic heterocycles. The summed E-state index contributed by atoms with van der Waals surface area (Å²) >= 11 is 0. The summed E-state index contributed by atoms with van der Waals surface area (Å²) in [6.07, 6.45) is 4.61. The van der Waals surface area contributed by atoms with Gasteiger partial charge in [-0.1, -0.05) is 12.1 Å². The number of halogens is 2. The van der Waals surface area contributed by atoms with Crippen molar-refractivity contribution in [3.05, 3.63) is 54.1 Å². The van der Waals surface area contributed by atoms with Crippen molar-refractivity contribution in [2.75, 3.05) is 10.6 Å². The molecule has 0 spiro atoms. The fraction of sp³-hybridized carbons (Fsp3) is 0.375. The number of anilines is 2. The first kappa shape index (κ1) is 23.4. The molecule has 0 bridgehead atoms. The molecule has 170 valence electrons. The third kappa shape index (κ3) is 6.12.